The van der Waals surface area contributed by atoms with Gasteiger partial charge in [0.05, 0.1) is 12.1 Å². The van der Waals surface area contributed by atoms with Gasteiger partial charge in [0.25, 0.3) is 0 Å². The fourth-order valence-corrected chi connectivity index (χ4v) is 4.94. The van der Waals surface area contributed by atoms with Gasteiger partial charge in [-0.1, -0.05) is 55.0 Å². The molecule has 2 aliphatic rings. The Kier molecular flexibility index (Phi) is 6.39. The normalized spacial score (nSPS) is 23.5. The summed E-state index contributed by atoms with van der Waals surface area (Å²) in [4.78, 5) is 21.5. The molecular weight excluding hydrogens is 348 g/mol. The van der Waals surface area contributed by atoms with Crippen LogP contribution in [0.5, 0.6) is 0 Å². The summed E-state index contributed by atoms with van der Waals surface area (Å²) >= 11 is 1.87. The summed E-state index contributed by atoms with van der Waals surface area (Å²) in [5, 5.41) is 17.4. The molecule has 2 aliphatic heterocycles. The molecule has 0 spiro atoms. The van der Waals surface area contributed by atoms with Crippen molar-refractivity contribution in [3.63, 3.8) is 0 Å². The maximum absolute atomic E-state index is 11.1. The van der Waals surface area contributed by atoms with Crippen molar-refractivity contribution in [2.24, 2.45) is 0 Å². The molecule has 0 aliphatic carbocycles. The fourth-order valence-electron chi connectivity index (χ4n) is 3.40. The second-order valence-corrected chi connectivity index (χ2v) is 7.88. The monoisotopic (exact) mass is 372 g/mol. The number of carboxylic acids is 1. The third kappa shape index (κ3) is 4.91. The predicted molar refractivity (Wildman–Crippen MR) is 106 cm³/mol. The molecule has 2 heterocycles. The Bertz CT molecular complexity index is 702. The van der Waals surface area contributed by atoms with Crippen LogP contribution in [-0.4, -0.2) is 40.2 Å². The molecule has 2 saturated heterocycles. The van der Waals surface area contributed by atoms with Gasteiger partial charge in [0.1, 0.15) is 0 Å². The predicted octanol–water partition coefficient (Wildman–Crippen LogP) is 3.64. The van der Waals surface area contributed by atoms with E-state index in [9.17, 15) is 9.59 Å². The highest BCUT2D eigenvalue weighted by molar-refractivity contribution is 8.00. The van der Waals surface area contributed by atoms with Gasteiger partial charge in [-0.3, -0.25) is 4.79 Å². The molecule has 0 bridgehead atoms. The third-order valence-electron chi connectivity index (χ3n) is 4.73. The molecule has 138 valence electrons. The number of rotatable bonds is 5. The second-order valence-electron chi connectivity index (χ2n) is 6.61. The summed E-state index contributed by atoms with van der Waals surface area (Å²) in [6, 6.07) is 17.2. The Balaban J connectivity index is 0.000000167. The average Bonchev–Trinajstić information content (AvgIpc) is 3.19. The number of carbonyl (C=O) groups excluding carboxylic acids is 1. The fraction of sp³-hybridized carbons (Fsp3) is 0.400. The number of hydrogen-bond acceptors (Lipinski definition) is 3. The van der Waals surface area contributed by atoms with Crippen molar-refractivity contribution in [1.82, 2.24) is 10.6 Å². The number of carbonyl (C=O) groups is 2. The highest BCUT2D eigenvalue weighted by Crippen LogP contribution is 2.33. The molecule has 2 amide bonds. The first kappa shape index (κ1) is 18.6. The van der Waals surface area contributed by atoms with E-state index in [1.165, 1.54) is 10.8 Å². The molecule has 0 radical (unpaired) electrons. The van der Waals surface area contributed by atoms with Crippen LogP contribution < -0.4 is 10.6 Å². The van der Waals surface area contributed by atoms with Crippen LogP contribution in [0.4, 0.5) is 4.79 Å². The van der Waals surface area contributed by atoms with Crippen LogP contribution in [0.25, 0.3) is 10.8 Å². The number of hydrogen-bond donors (Lipinski definition) is 3. The summed E-state index contributed by atoms with van der Waals surface area (Å²) < 4.78 is 0. The quantitative estimate of drug-likeness (QED) is 0.553. The first-order valence-corrected chi connectivity index (χ1v) is 10.0. The Morgan fingerprint density at radius 3 is 2.23 bits per heavy atom. The molecule has 0 saturated carbocycles. The topological polar surface area (TPSA) is 78.4 Å². The summed E-state index contributed by atoms with van der Waals surface area (Å²) in [6.45, 7) is 0. The minimum absolute atomic E-state index is 0.0640. The minimum Gasteiger partial charge on any atom is -0.481 e. The summed E-state index contributed by atoms with van der Waals surface area (Å²) in [7, 11) is 0. The smallest absolute Gasteiger partial charge is 0.315 e. The van der Waals surface area contributed by atoms with Gasteiger partial charge in [0.15, 0.2) is 0 Å². The molecule has 26 heavy (non-hydrogen) atoms. The van der Waals surface area contributed by atoms with Crippen molar-refractivity contribution in [2.45, 2.75) is 43.0 Å². The number of thioether (sulfide) groups is 1. The van der Waals surface area contributed by atoms with E-state index < -0.39 is 5.97 Å². The van der Waals surface area contributed by atoms with E-state index in [0.717, 1.165) is 25.0 Å². The van der Waals surface area contributed by atoms with E-state index in [4.69, 9.17) is 5.11 Å². The molecule has 4 rings (SSSR count). The molecule has 3 N–H and O–H groups in total. The molecule has 6 heteroatoms. The van der Waals surface area contributed by atoms with Gasteiger partial charge >= 0.3 is 12.0 Å². The number of urea groups is 1. The van der Waals surface area contributed by atoms with Gasteiger partial charge in [0, 0.05) is 17.4 Å². The number of nitrogens with one attached hydrogen (secondary N) is 2. The van der Waals surface area contributed by atoms with E-state index in [1.54, 1.807) is 0 Å². The zero-order chi connectivity index (χ0) is 18.4. The number of aliphatic carboxylic acids is 1. The molecule has 2 aromatic carbocycles. The van der Waals surface area contributed by atoms with Gasteiger partial charge in [-0.15, -0.1) is 0 Å². The zero-order valence-corrected chi connectivity index (χ0v) is 15.4. The van der Waals surface area contributed by atoms with Crippen LogP contribution >= 0.6 is 11.8 Å². The van der Waals surface area contributed by atoms with Crippen molar-refractivity contribution in [3.8, 4) is 0 Å². The van der Waals surface area contributed by atoms with Crippen LogP contribution in [0.15, 0.2) is 48.5 Å². The lowest BCUT2D eigenvalue weighted by atomic mass is 10.0. The van der Waals surface area contributed by atoms with E-state index in [2.05, 4.69) is 59.2 Å². The maximum atomic E-state index is 11.1. The molecule has 3 atom stereocenters. The highest BCUT2D eigenvalue weighted by Gasteiger charge is 2.42. The van der Waals surface area contributed by atoms with Gasteiger partial charge < -0.3 is 15.7 Å². The highest BCUT2D eigenvalue weighted by atomic mass is 32.2. The minimum atomic E-state index is -0.729. The van der Waals surface area contributed by atoms with Crippen molar-refractivity contribution in [2.75, 3.05) is 5.75 Å². The van der Waals surface area contributed by atoms with E-state index in [1.807, 2.05) is 11.8 Å². The number of amides is 2. The van der Waals surface area contributed by atoms with Crippen LogP contribution in [0.3, 0.4) is 0 Å². The molecule has 0 aromatic heterocycles. The van der Waals surface area contributed by atoms with Gasteiger partial charge in [0.2, 0.25) is 0 Å². The van der Waals surface area contributed by atoms with Crippen LogP contribution in [0.2, 0.25) is 0 Å². The lowest BCUT2D eigenvalue weighted by molar-refractivity contribution is -0.137. The van der Waals surface area contributed by atoms with Crippen LogP contribution in [0.1, 0.15) is 25.7 Å². The second kappa shape index (κ2) is 8.94. The number of benzene rings is 2. The molecule has 0 unspecified atom stereocenters. The average molecular weight is 372 g/mol. The van der Waals surface area contributed by atoms with Gasteiger partial charge in [-0.2, -0.15) is 11.8 Å². The molecule has 2 fully saturated rings. The summed E-state index contributed by atoms with van der Waals surface area (Å²) in [6.07, 6.45) is 2.88. The van der Waals surface area contributed by atoms with Crippen molar-refractivity contribution < 1.29 is 14.7 Å². The van der Waals surface area contributed by atoms with Gasteiger partial charge in [-0.05, 0) is 23.6 Å². The SMILES string of the molecule is O=C(O)CCCC[C@@H]1SC[C@@H]2NC(=O)N[C@@H]21.c1ccc2ccccc2c1. The molecule has 5 nitrogen and oxygen atoms in total. The Morgan fingerprint density at radius 2 is 1.65 bits per heavy atom. The van der Waals surface area contributed by atoms with E-state index in [0.29, 0.717) is 5.25 Å². The van der Waals surface area contributed by atoms with Crippen molar-refractivity contribution in [3.05, 3.63) is 48.5 Å². The van der Waals surface area contributed by atoms with E-state index in [-0.39, 0.29) is 24.5 Å². The zero-order valence-electron chi connectivity index (χ0n) is 14.6. The Hall–Kier alpha value is -2.21. The Labute approximate surface area is 157 Å². The first-order valence-electron chi connectivity index (χ1n) is 8.97. The number of carboxylic acid groups (broad SMARTS) is 1. The molecular formula is C20H24N2O3S. The number of fused-ring (bicyclic) bond motifs is 2. The van der Waals surface area contributed by atoms with Gasteiger partial charge in [-0.25, -0.2) is 4.79 Å². The van der Waals surface area contributed by atoms with Crippen LogP contribution in [0, 0.1) is 0 Å². The van der Waals surface area contributed by atoms with Crippen molar-refractivity contribution in [1.29, 1.82) is 0 Å². The van der Waals surface area contributed by atoms with Crippen LogP contribution in [-0.2, 0) is 4.79 Å². The lowest BCUT2D eigenvalue weighted by Gasteiger charge is -2.16. The lowest BCUT2D eigenvalue weighted by Crippen LogP contribution is -2.36. The molecule has 2 aromatic rings. The maximum Gasteiger partial charge on any atom is 0.315 e. The first-order chi connectivity index (χ1) is 12.6. The van der Waals surface area contributed by atoms with E-state index >= 15 is 0 Å². The summed E-state index contributed by atoms with van der Waals surface area (Å²) in [5.41, 5.74) is 0. The Morgan fingerprint density at radius 1 is 1.04 bits per heavy atom. The number of unbranched alkanes of at least 4 members (excludes halogenated alkanes) is 1. The van der Waals surface area contributed by atoms with Crippen molar-refractivity contribution >= 4 is 34.5 Å². The summed E-state index contributed by atoms with van der Waals surface area (Å²) in [5.74, 6) is 0.236. The largest absolute Gasteiger partial charge is 0.481 e. The standard InChI is InChI=1S/C10H16N2O3S.C10H8/c13-8(14)4-2-1-3-7-9-6(5-16-7)11-10(15)12-9;1-2-6-10-8-4-3-7-9(10)5-1/h6-7,9H,1-5H2,(H,13,14)(H2,11,12,15);1-8H/t6-,7-,9-;/m0./s1. The third-order valence-corrected chi connectivity index (χ3v) is 6.23.